The molecule has 0 saturated heterocycles. The average Bonchev–Trinajstić information content (AvgIpc) is 2.05. The Labute approximate surface area is 71.8 Å². The van der Waals surface area contributed by atoms with E-state index in [2.05, 4.69) is 6.58 Å². The van der Waals surface area contributed by atoms with Gasteiger partial charge in [-0.3, -0.25) is 4.79 Å². The standard InChI is InChI=1S/C8H17NOSi/c1-4-7(5-2)8(10)9(11)6-3/h4,7H,1,5-6H2,2-3,11H3. The van der Waals surface area contributed by atoms with Crippen LogP contribution in [0.5, 0.6) is 0 Å². The SMILES string of the molecule is C=CC(CC)C(=O)N([SiH3])CC. The van der Waals surface area contributed by atoms with Crippen LogP contribution in [0.4, 0.5) is 0 Å². The fourth-order valence-electron chi connectivity index (χ4n) is 0.881. The summed E-state index contributed by atoms with van der Waals surface area (Å²) in [7, 11) is 0.817. The van der Waals surface area contributed by atoms with Gasteiger partial charge in [-0.1, -0.05) is 13.0 Å². The van der Waals surface area contributed by atoms with E-state index in [-0.39, 0.29) is 11.8 Å². The van der Waals surface area contributed by atoms with Gasteiger partial charge in [-0.25, -0.2) is 0 Å². The highest BCUT2D eigenvalue weighted by atomic mass is 28.2. The smallest absolute Gasteiger partial charge is 0.220 e. The van der Waals surface area contributed by atoms with E-state index in [0.717, 1.165) is 23.4 Å². The largest absolute Gasteiger partial charge is 0.378 e. The van der Waals surface area contributed by atoms with Gasteiger partial charge < -0.3 is 4.57 Å². The van der Waals surface area contributed by atoms with Crippen molar-refractivity contribution in [1.82, 2.24) is 4.57 Å². The normalized spacial score (nSPS) is 12.5. The van der Waals surface area contributed by atoms with E-state index in [4.69, 9.17) is 0 Å². The van der Waals surface area contributed by atoms with E-state index in [1.807, 2.05) is 18.4 Å². The molecule has 0 fully saturated rings. The maximum Gasteiger partial charge on any atom is 0.220 e. The van der Waals surface area contributed by atoms with Crippen molar-refractivity contribution in [3.05, 3.63) is 12.7 Å². The summed E-state index contributed by atoms with van der Waals surface area (Å²) >= 11 is 0. The van der Waals surface area contributed by atoms with Crippen LogP contribution in [0.25, 0.3) is 0 Å². The van der Waals surface area contributed by atoms with Gasteiger partial charge in [-0.05, 0) is 13.3 Å². The van der Waals surface area contributed by atoms with Crippen LogP contribution in [0.1, 0.15) is 20.3 Å². The molecule has 3 heteroatoms. The topological polar surface area (TPSA) is 20.3 Å². The van der Waals surface area contributed by atoms with Gasteiger partial charge >= 0.3 is 0 Å². The fraction of sp³-hybridized carbons (Fsp3) is 0.625. The first-order valence-electron chi connectivity index (χ1n) is 4.04. The van der Waals surface area contributed by atoms with E-state index < -0.39 is 0 Å². The molecule has 0 bridgehead atoms. The van der Waals surface area contributed by atoms with E-state index in [1.165, 1.54) is 0 Å². The molecule has 0 aliphatic carbocycles. The highest BCUT2D eigenvalue weighted by Gasteiger charge is 2.14. The lowest BCUT2D eigenvalue weighted by atomic mass is 10.1. The van der Waals surface area contributed by atoms with Crippen LogP contribution in [0, 0.1) is 5.92 Å². The Morgan fingerprint density at radius 2 is 2.27 bits per heavy atom. The molecule has 0 aliphatic rings. The maximum absolute atomic E-state index is 11.4. The molecule has 0 aliphatic heterocycles. The molecule has 0 saturated carbocycles. The fourth-order valence-corrected chi connectivity index (χ4v) is 1.21. The van der Waals surface area contributed by atoms with Crippen molar-refractivity contribution < 1.29 is 4.79 Å². The number of hydrogen-bond donors (Lipinski definition) is 0. The molecule has 2 nitrogen and oxygen atoms in total. The first kappa shape index (κ1) is 10.4. The Hall–Kier alpha value is -0.573. The van der Waals surface area contributed by atoms with Crippen LogP contribution in [0.2, 0.25) is 0 Å². The number of nitrogens with zero attached hydrogens (tertiary/aromatic N) is 1. The molecule has 0 aromatic carbocycles. The number of amides is 1. The summed E-state index contributed by atoms with van der Waals surface area (Å²) in [4.78, 5) is 11.4. The number of carbonyl (C=O) groups is 1. The zero-order chi connectivity index (χ0) is 8.85. The molecule has 0 spiro atoms. The Morgan fingerprint density at radius 1 is 1.73 bits per heavy atom. The van der Waals surface area contributed by atoms with Crippen LogP contribution in [0.3, 0.4) is 0 Å². The van der Waals surface area contributed by atoms with Crippen LogP contribution >= 0.6 is 0 Å². The monoisotopic (exact) mass is 171 g/mol. The Bertz CT molecular complexity index is 147. The molecule has 0 radical (unpaired) electrons. The minimum absolute atomic E-state index is 0.0347. The van der Waals surface area contributed by atoms with Gasteiger partial charge in [-0.2, -0.15) is 0 Å². The second kappa shape index (κ2) is 5.13. The van der Waals surface area contributed by atoms with Crippen molar-refractivity contribution in [2.45, 2.75) is 20.3 Å². The predicted octanol–water partition coefficient (Wildman–Crippen LogP) is 0.327. The van der Waals surface area contributed by atoms with Crippen molar-refractivity contribution in [3.8, 4) is 0 Å². The molecule has 64 valence electrons. The summed E-state index contributed by atoms with van der Waals surface area (Å²) in [6, 6.07) is 0. The van der Waals surface area contributed by atoms with E-state index in [9.17, 15) is 4.79 Å². The Morgan fingerprint density at radius 3 is 2.55 bits per heavy atom. The van der Waals surface area contributed by atoms with Gasteiger partial charge in [-0.15, -0.1) is 6.58 Å². The van der Waals surface area contributed by atoms with Crippen molar-refractivity contribution >= 4 is 16.3 Å². The minimum Gasteiger partial charge on any atom is -0.378 e. The lowest BCUT2D eigenvalue weighted by Gasteiger charge is -2.19. The zero-order valence-corrected chi connectivity index (χ0v) is 9.63. The molecule has 0 rings (SSSR count). The Balaban J connectivity index is 4.08. The zero-order valence-electron chi connectivity index (χ0n) is 7.63. The number of hydrogen-bond acceptors (Lipinski definition) is 1. The van der Waals surface area contributed by atoms with Gasteiger partial charge in [0.05, 0.1) is 5.92 Å². The second-order valence-electron chi connectivity index (χ2n) is 2.60. The second-order valence-corrected chi connectivity index (χ2v) is 3.68. The summed E-state index contributed by atoms with van der Waals surface area (Å²) in [5, 5.41) is 0. The summed E-state index contributed by atoms with van der Waals surface area (Å²) in [5.74, 6) is 0.268. The molecule has 1 unspecified atom stereocenters. The van der Waals surface area contributed by atoms with Gasteiger partial charge in [0, 0.05) is 6.54 Å². The van der Waals surface area contributed by atoms with E-state index in [0.29, 0.717) is 0 Å². The van der Waals surface area contributed by atoms with Gasteiger partial charge in [0.15, 0.2) is 0 Å². The molecule has 11 heavy (non-hydrogen) atoms. The summed E-state index contributed by atoms with van der Waals surface area (Å²) in [6.45, 7) is 8.48. The maximum atomic E-state index is 11.4. The molecular weight excluding hydrogens is 154 g/mol. The predicted molar refractivity (Wildman–Crippen MR) is 51.3 cm³/mol. The lowest BCUT2D eigenvalue weighted by Crippen LogP contribution is -2.32. The summed E-state index contributed by atoms with van der Waals surface area (Å²) in [6.07, 6.45) is 2.60. The minimum atomic E-state index is 0.0347. The summed E-state index contributed by atoms with van der Waals surface area (Å²) < 4.78 is 1.86. The number of carbonyl (C=O) groups excluding carboxylic acids is 1. The first-order valence-corrected chi connectivity index (χ1v) is 4.94. The van der Waals surface area contributed by atoms with E-state index in [1.54, 1.807) is 6.08 Å². The van der Waals surface area contributed by atoms with Crippen molar-refractivity contribution in [2.75, 3.05) is 6.54 Å². The summed E-state index contributed by atoms with van der Waals surface area (Å²) in [5.41, 5.74) is 0. The quantitative estimate of drug-likeness (QED) is 0.441. The van der Waals surface area contributed by atoms with Crippen molar-refractivity contribution in [3.63, 3.8) is 0 Å². The van der Waals surface area contributed by atoms with Crippen molar-refractivity contribution in [2.24, 2.45) is 5.92 Å². The van der Waals surface area contributed by atoms with Crippen LogP contribution in [-0.2, 0) is 4.79 Å². The third-order valence-electron chi connectivity index (χ3n) is 1.89. The highest BCUT2D eigenvalue weighted by Crippen LogP contribution is 2.06. The molecule has 0 aromatic rings. The molecule has 1 atom stereocenters. The average molecular weight is 171 g/mol. The highest BCUT2D eigenvalue weighted by molar-refractivity contribution is 6.14. The van der Waals surface area contributed by atoms with Crippen molar-refractivity contribution in [1.29, 1.82) is 0 Å². The first-order chi connectivity index (χ1) is 5.17. The van der Waals surface area contributed by atoms with Crippen LogP contribution in [-0.4, -0.2) is 27.4 Å². The molecule has 1 amide bonds. The molecule has 0 N–H and O–H groups in total. The Kier molecular flexibility index (Phi) is 4.86. The van der Waals surface area contributed by atoms with Crippen LogP contribution in [0.15, 0.2) is 12.7 Å². The number of rotatable bonds is 4. The van der Waals surface area contributed by atoms with Gasteiger partial charge in [0.2, 0.25) is 5.91 Å². The molecule has 0 aromatic heterocycles. The van der Waals surface area contributed by atoms with Gasteiger partial charge in [0.25, 0.3) is 0 Å². The third-order valence-corrected chi connectivity index (χ3v) is 2.97. The van der Waals surface area contributed by atoms with Crippen LogP contribution < -0.4 is 0 Å². The van der Waals surface area contributed by atoms with E-state index >= 15 is 0 Å². The van der Waals surface area contributed by atoms with Gasteiger partial charge in [0.1, 0.15) is 10.4 Å². The molecule has 0 heterocycles. The molecular formula is C8H17NOSi. The lowest BCUT2D eigenvalue weighted by molar-refractivity contribution is -0.129. The third kappa shape index (κ3) is 2.88.